The van der Waals surface area contributed by atoms with Gasteiger partial charge in [-0.2, -0.15) is 13.2 Å². The van der Waals surface area contributed by atoms with Gasteiger partial charge in [-0.3, -0.25) is 9.78 Å². The number of anilines is 2. The highest BCUT2D eigenvalue weighted by atomic mass is 19.4. The molecule has 1 aliphatic rings. The molecule has 4 rings (SSSR count). The lowest BCUT2D eigenvalue weighted by Gasteiger charge is -2.16. The van der Waals surface area contributed by atoms with E-state index in [0.717, 1.165) is 36.3 Å². The summed E-state index contributed by atoms with van der Waals surface area (Å²) in [5.41, 5.74) is 4.33. The molecule has 158 valence electrons. The van der Waals surface area contributed by atoms with Gasteiger partial charge in [0.25, 0.3) is 5.91 Å². The number of nitrogen functional groups attached to an aromatic ring is 1. The van der Waals surface area contributed by atoms with E-state index >= 15 is 0 Å². The van der Waals surface area contributed by atoms with E-state index in [1.54, 1.807) is 6.07 Å². The molecular formula is C18H18F3N7O2. The second-order valence-electron chi connectivity index (χ2n) is 6.96. The molecule has 0 radical (unpaired) electrons. The lowest BCUT2D eigenvalue weighted by molar-refractivity contribution is -0.141. The summed E-state index contributed by atoms with van der Waals surface area (Å²) < 4.78 is 46.1. The topological polar surface area (TPSA) is 111 Å². The Labute approximate surface area is 168 Å². The number of halogens is 3. The van der Waals surface area contributed by atoms with Crippen LogP contribution in [0, 0.1) is 0 Å². The van der Waals surface area contributed by atoms with E-state index in [1.165, 1.54) is 12.4 Å². The third-order valence-corrected chi connectivity index (χ3v) is 4.70. The van der Waals surface area contributed by atoms with Crippen molar-refractivity contribution in [3.63, 3.8) is 0 Å². The Morgan fingerprint density at radius 2 is 2.17 bits per heavy atom. The van der Waals surface area contributed by atoms with Gasteiger partial charge in [-0.15, -0.1) is 5.10 Å². The first-order chi connectivity index (χ1) is 14.2. The second kappa shape index (κ2) is 7.44. The molecule has 0 spiro atoms. The Morgan fingerprint density at radius 3 is 2.87 bits per heavy atom. The largest absolute Gasteiger partial charge is 0.487 e. The van der Waals surface area contributed by atoms with E-state index < -0.39 is 17.8 Å². The number of carbonyl (C=O) groups excluding carboxylic acids is 1. The van der Waals surface area contributed by atoms with Crippen molar-refractivity contribution in [3.05, 3.63) is 42.0 Å². The van der Waals surface area contributed by atoms with Crippen LogP contribution >= 0.6 is 0 Å². The zero-order chi connectivity index (χ0) is 21.5. The first-order valence-electron chi connectivity index (χ1n) is 9.05. The molecule has 1 aliphatic heterocycles. The van der Waals surface area contributed by atoms with Gasteiger partial charge in [0.2, 0.25) is 0 Å². The van der Waals surface area contributed by atoms with Gasteiger partial charge in [-0.05, 0) is 19.5 Å². The molecule has 0 unspecified atom stereocenters. The third-order valence-electron chi connectivity index (χ3n) is 4.70. The van der Waals surface area contributed by atoms with E-state index in [0.29, 0.717) is 5.75 Å². The monoisotopic (exact) mass is 421 g/mol. The summed E-state index contributed by atoms with van der Waals surface area (Å²) in [5.74, 6) is -0.614. The van der Waals surface area contributed by atoms with Crippen molar-refractivity contribution in [2.45, 2.75) is 18.7 Å². The average molecular weight is 421 g/mol. The van der Waals surface area contributed by atoms with Crippen LogP contribution in [0.4, 0.5) is 24.7 Å². The van der Waals surface area contributed by atoms with Crippen LogP contribution in [0.25, 0.3) is 5.65 Å². The molecule has 1 atom stereocenters. The molecule has 3 aromatic rings. The number of nitrogens with one attached hydrogen (secondary N) is 1. The van der Waals surface area contributed by atoms with Crippen LogP contribution in [0.5, 0.6) is 5.75 Å². The SMILES string of the molecule is CN1CC[C@@H](Oc2ccncc2NC(=O)c2c(N)nn3ccc(C(F)(F)F)nc23)C1. The van der Waals surface area contributed by atoms with Crippen molar-refractivity contribution >= 4 is 23.1 Å². The number of aromatic nitrogens is 4. The molecule has 3 aromatic heterocycles. The van der Waals surface area contributed by atoms with Crippen LogP contribution < -0.4 is 15.8 Å². The van der Waals surface area contributed by atoms with Gasteiger partial charge in [-0.25, -0.2) is 9.50 Å². The van der Waals surface area contributed by atoms with Crippen molar-refractivity contribution in [2.75, 3.05) is 31.2 Å². The number of likely N-dealkylation sites (N-methyl/N-ethyl adjacent to an activating group) is 1. The van der Waals surface area contributed by atoms with Gasteiger partial charge < -0.3 is 20.7 Å². The molecule has 1 fully saturated rings. The number of rotatable bonds is 4. The fourth-order valence-electron chi connectivity index (χ4n) is 3.26. The Hall–Kier alpha value is -3.41. The zero-order valence-corrected chi connectivity index (χ0v) is 15.8. The molecule has 0 aliphatic carbocycles. The molecule has 0 bridgehead atoms. The van der Waals surface area contributed by atoms with Crippen LogP contribution in [0.1, 0.15) is 22.5 Å². The van der Waals surface area contributed by atoms with E-state index in [1.807, 2.05) is 7.05 Å². The maximum Gasteiger partial charge on any atom is 0.433 e. The predicted molar refractivity (Wildman–Crippen MR) is 101 cm³/mol. The summed E-state index contributed by atoms with van der Waals surface area (Å²) in [6, 6.07) is 2.36. The van der Waals surface area contributed by atoms with E-state index in [2.05, 4.69) is 25.3 Å². The molecule has 3 N–H and O–H groups in total. The molecule has 12 heteroatoms. The quantitative estimate of drug-likeness (QED) is 0.663. The second-order valence-corrected chi connectivity index (χ2v) is 6.96. The Kier molecular flexibility index (Phi) is 4.94. The van der Waals surface area contributed by atoms with Crippen molar-refractivity contribution in [1.82, 2.24) is 24.5 Å². The minimum atomic E-state index is -4.67. The highest BCUT2D eigenvalue weighted by Crippen LogP contribution is 2.30. The Bertz CT molecular complexity index is 1100. The molecule has 9 nitrogen and oxygen atoms in total. The average Bonchev–Trinajstić information content (AvgIpc) is 3.23. The van der Waals surface area contributed by atoms with E-state index in [-0.39, 0.29) is 28.8 Å². The van der Waals surface area contributed by atoms with Crippen molar-refractivity contribution in [1.29, 1.82) is 0 Å². The molecule has 0 aromatic carbocycles. The minimum Gasteiger partial charge on any atom is -0.487 e. The van der Waals surface area contributed by atoms with Crippen molar-refractivity contribution in [2.24, 2.45) is 0 Å². The summed E-state index contributed by atoms with van der Waals surface area (Å²) in [7, 11) is 1.98. The molecule has 0 saturated carbocycles. The molecule has 1 saturated heterocycles. The third kappa shape index (κ3) is 3.85. The predicted octanol–water partition coefficient (Wildman–Crippen LogP) is 2.06. The summed E-state index contributed by atoms with van der Waals surface area (Å²) in [4.78, 5) is 22.5. The number of hydrogen-bond donors (Lipinski definition) is 2. The van der Waals surface area contributed by atoms with Gasteiger partial charge in [0.1, 0.15) is 28.8 Å². The summed E-state index contributed by atoms with van der Waals surface area (Å²) in [6.45, 7) is 1.63. The highest BCUT2D eigenvalue weighted by Gasteiger charge is 2.34. The number of pyridine rings is 1. The maximum atomic E-state index is 13.0. The van der Waals surface area contributed by atoms with E-state index in [4.69, 9.17) is 10.5 Å². The number of fused-ring (bicyclic) bond motifs is 1. The van der Waals surface area contributed by atoms with E-state index in [9.17, 15) is 18.0 Å². The Morgan fingerprint density at radius 1 is 1.37 bits per heavy atom. The first-order valence-corrected chi connectivity index (χ1v) is 9.05. The maximum absolute atomic E-state index is 13.0. The Balaban J connectivity index is 1.63. The highest BCUT2D eigenvalue weighted by molar-refractivity contribution is 6.12. The first kappa shape index (κ1) is 19.9. The van der Waals surface area contributed by atoms with Gasteiger partial charge in [0, 0.05) is 31.5 Å². The van der Waals surface area contributed by atoms with Gasteiger partial charge in [0.15, 0.2) is 11.5 Å². The number of amides is 1. The van der Waals surface area contributed by atoms with Crippen LogP contribution in [-0.2, 0) is 6.18 Å². The smallest absolute Gasteiger partial charge is 0.433 e. The van der Waals surface area contributed by atoms with Crippen LogP contribution in [0.15, 0.2) is 30.7 Å². The summed E-state index contributed by atoms with van der Waals surface area (Å²) >= 11 is 0. The number of carbonyl (C=O) groups is 1. The zero-order valence-electron chi connectivity index (χ0n) is 15.8. The number of ether oxygens (including phenoxy) is 1. The number of alkyl halides is 3. The number of hydrogen-bond acceptors (Lipinski definition) is 7. The number of nitrogens with two attached hydrogens (primary N) is 1. The number of likely N-dealkylation sites (tertiary alicyclic amines) is 1. The standard InChI is InChI=1S/C18H18F3N7O2/c1-27-6-3-10(9-27)30-12-2-5-23-8-11(12)24-17(29)14-15(22)26-28-7-4-13(18(19,20)21)25-16(14)28/h2,4-5,7-8,10H,3,6,9H2,1H3,(H2,22,26)(H,24,29)/t10-/m1/s1. The van der Waals surface area contributed by atoms with Crippen molar-refractivity contribution in [3.8, 4) is 5.75 Å². The lowest BCUT2D eigenvalue weighted by atomic mass is 10.2. The van der Waals surface area contributed by atoms with Crippen molar-refractivity contribution < 1.29 is 22.7 Å². The van der Waals surface area contributed by atoms with Gasteiger partial charge >= 0.3 is 6.18 Å². The fraction of sp³-hybridized carbons (Fsp3) is 0.333. The normalized spacial score (nSPS) is 17.4. The molecular weight excluding hydrogens is 403 g/mol. The summed E-state index contributed by atoms with van der Waals surface area (Å²) in [5, 5.41) is 6.46. The van der Waals surface area contributed by atoms with Crippen LogP contribution in [0.2, 0.25) is 0 Å². The lowest BCUT2D eigenvalue weighted by Crippen LogP contribution is -2.22. The van der Waals surface area contributed by atoms with Gasteiger partial charge in [-0.1, -0.05) is 0 Å². The molecule has 1 amide bonds. The molecule has 30 heavy (non-hydrogen) atoms. The van der Waals surface area contributed by atoms with Crippen LogP contribution in [0.3, 0.4) is 0 Å². The fourth-order valence-corrected chi connectivity index (χ4v) is 3.26. The number of nitrogens with zero attached hydrogens (tertiary/aromatic N) is 5. The van der Waals surface area contributed by atoms with Crippen LogP contribution in [-0.4, -0.2) is 56.6 Å². The molecule has 4 heterocycles. The minimum absolute atomic E-state index is 0.0499. The van der Waals surface area contributed by atoms with Gasteiger partial charge in [0.05, 0.1) is 6.20 Å². The summed E-state index contributed by atoms with van der Waals surface area (Å²) in [6.07, 6.45) is 0.0662.